The first-order valence-corrected chi connectivity index (χ1v) is 7.33. The number of nitrogens with zero attached hydrogens (tertiary/aromatic N) is 3. The Morgan fingerprint density at radius 1 is 1.21 bits per heavy atom. The molecule has 19 heavy (non-hydrogen) atoms. The smallest absolute Gasteiger partial charge is 0.233 e. The third-order valence-electron chi connectivity index (χ3n) is 3.12. The van der Waals surface area contributed by atoms with Crippen molar-refractivity contribution in [3.8, 4) is 6.07 Å². The number of piperazine rings is 1. The van der Waals surface area contributed by atoms with Crippen LogP contribution in [-0.2, 0) is 4.79 Å². The third-order valence-corrected chi connectivity index (χ3v) is 4.12. The zero-order chi connectivity index (χ0) is 13.5. The summed E-state index contributed by atoms with van der Waals surface area (Å²) in [6.45, 7) is 3.52. The van der Waals surface area contributed by atoms with E-state index in [1.54, 1.807) is 11.8 Å². The van der Waals surface area contributed by atoms with Crippen LogP contribution in [0.2, 0.25) is 0 Å². The molecule has 4 nitrogen and oxygen atoms in total. The summed E-state index contributed by atoms with van der Waals surface area (Å²) in [5, 5.41) is 8.63. The molecule has 1 heterocycles. The van der Waals surface area contributed by atoms with E-state index in [1.165, 1.54) is 0 Å². The lowest BCUT2D eigenvalue weighted by Gasteiger charge is -2.33. The van der Waals surface area contributed by atoms with Crippen LogP contribution in [0, 0.1) is 11.3 Å². The van der Waals surface area contributed by atoms with E-state index in [2.05, 4.69) is 11.0 Å². The molecule has 0 saturated carbocycles. The average Bonchev–Trinajstić information content (AvgIpc) is 2.47. The Kier molecular flexibility index (Phi) is 5.25. The molecule has 100 valence electrons. The van der Waals surface area contributed by atoms with Gasteiger partial charge in [-0.05, 0) is 12.1 Å². The molecule has 0 aromatic heterocycles. The summed E-state index contributed by atoms with van der Waals surface area (Å²) >= 11 is 1.58. The van der Waals surface area contributed by atoms with E-state index in [9.17, 15) is 4.79 Å². The molecule has 1 saturated heterocycles. The predicted molar refractivity (Wildman–Crippen MR) is 75.8 cm³/mol. The van der Waals surface area contributed by atoms with Crippen LogP contribution in [0.25, 0.3) is 0 Å². The molecule has 1 aromatic carbocycles. The normalized spacial score (nSPS) is 16.1. The van der Waals surface area contributed by atoms with Crippen LogP contribution in [0.5, 0.6) is 0 Å². The van der Waals surface area contributed by atoms with Gasteiger partial charge in [0.15, 0.2) is 0 Å². The lowest BCUT2D eigenvalue weighted by atomic mass is 10.3. The molecule has 1 aliphatic heterocycles. The predicted octanol–water partition coefficient (Wildman–Crippen LogP) is 1.45. The molecular weight excluding hydrogens is 258 g/mol. The van der Waals surface area contributed by atoms with E-state index in [1.807, 2.05) is 35.2 Å². The van der Waals surface area contributed by atoms with E-state index < -0.39 is 0 Å². The number of thioether (sulfide) groups is 1. The van der Waals surface area contributed by atoms with Gasteiger partial charge in [-0.25, -0.2) is 0 Å². The molecule has 2 rings (SSSR count). The fraction of sp³-hybridized carbons (Fsp3) is 0.429. The van der Waals surface area contributed by atoms with Gasteiger partial charge < -0.3 is 4.90 Å². The molecule has 0 unspecified atom stereocenters. The molecule has 1 aliphatic rings. The minimum Gasteiger partial charge on any atom is -0.339 e. The molecule has 0 radical (unpaired) electrons. The van der Waals surface area contributed by atoms with Gasteiger partial charge >= 0.3 is 0 Å². The van der Waals surface area contributed by atoms with Crippen LogP contribution >= 0.6 is 11.8 Å². The first-order chi connectivity index (χ1) is 9.29. The fourth-order valence-electron chi connectivity index (χ4n) is 2.01. The van der Waals surface area contributed by atoms with Gasteiger partial charge in [0.05, 0.1) is 18.4 Å². The third kappa shape index (κ3) is 4.27. The lowest BCUT2D eigenvalue weighted by Crippen LogP contribution is -2.49. The van der Waals surface area contributed by atoms with Crippen LogP contribution in [0.4, 0.5) is 0 Å². The SMILES string of the molecule is N#CCN1CCN(C(=O)CSc2ccccc2)CC1. The highest BCUT2D eigenvalue weighted by Crippen LogP contribution is 2.17. The molecular formula is C14H17N3OS. The summed E-state index contributed by atoms with van der Waals surface area (Å²) in [6.07, 6.45) is 0. The molecule has 0 N–H and O–H groups in total. The first kappa shape index (κ1) is 13.9. The van der Waals surface area contributed by atoms with Crippen molar-refractivity contribution in [3.05, 3.63) is 30.3 Å². The summed E-state index contributed by atoms with van der Waals surface area (Å²) in [5.74, 6) is 0.674. The quantitative estimate of drug-likeness (QED) is 0.616. The number of nitriles is 1. The van der Waals surface area contributed by atoms with Crippen molar-refractivity contribution in [2.75, 3.05) is 38.5 Å². The Balaban J connectivity index is 1.74. The van der Waals surface area contributed by atoms with Gasteiger partial charge in [-0.1, -0.05) is 18.2 Å². The van der Waals surface area contributed by atoms with Crippen molar-refractivity contribution in [3.63, 3.8) is 0 Å². The number of amides is 1. The van der Waals surface area contributed by atoms with Gasteiger partial charge in [-0.15, -0.1) is 11.8 Å². The zero-order valence-electron chi connectivity index (χ0n) is 10.8. The van der Waals surface area contributed by atoms with Crippen LogP contribution < -0.4 is 0 Å². The molecule has 5 heteroatoms. The monoisotopic (exact) mass is 275 g/mol. The summed E-state index contributed by atoms with van der Waals surface area (Å²) in [5.41, 5.74) is 0. The van der Waals surface area contributed by atoms with Gasteiger partial charge in [0.25, 0.3) is 0 Å². The fourth-order valence-corrected chi connectivity index (χ4v) is 2.83. The maximum absolute atomic E-state index is 12.1. The summed E-state index contributed by atoms with van der Waals surface area (Å²) in [6, 6.07) is 12.1. The molecule has 0 atom stereocenters. The van der Waals surface area contributed by atoms with Crippen LogP contribution in [-0.4, -0.2) is 54.2 Å². The second-order valence-corrected chi connectivity index (χ2v) is 5.47. The highest BCUT2D eigenvalue weighted by Gasteiger charge is 2.20. The summed E-state index contributed by atoms with van der Waals surface area (Å²) < 4.78 is 0. The minimum atomic E-state index is 0.186. The highest BCUT2D eigenvalue weighted by molar-refractivity contribution is 8.00. The van der Waals surface area contributed by atoms with Gasteiger partial charge in [0.2, 0.25) is 5.91 Å². The van der Waals surface area contributed by atoms with Crippen molar-refractivity contribution in [2.45, 2.75) is 4.90 Å². The zero-order valence-corrected chi connectivity index (χ0v) is 11.6. The lowest BCUT2D eigenvalue weighted by molar-refractivity contribution is -0.129. The van der Waals surface area contributed by atoms with Gasteiger partial charge in [0.1, 0.15) is 0 Å². The molecule has 0 bridgehead atoms. The standard InChI is InChI=1S/C14H17N3OS/c15-6-7-16-8-10-17(11-9-16)14(18)12-19-13-4-2-1-3-5-13/h1-5H,7-12H2. The molecule has 1 fully saturated rings. The topological polar surface area (TPSA) is 47.3 Å². The van der Waals surface area contributed by atoms with E-state index in [0.29, 0.717) is 12.3 Å². The molecule has 1 aromatic rings. The van der Waals surface area contributed by atoms with Crippen LogP contribution in [0.15, 0.2) is 35.2 Å². The van der Waals surface area contributed by atoms with E-state index in [0.717, 1.165) is 31.1 Å². The second kappa shape index (κ2) is 7.17. The van der Waals surface area contributed by atoms with E-state index >= 15 is 0 Å². The van der Waals surface area contributed by atoms with Crippen molar-refractivity contribution >= 4 is 17.7 Å². The number of rotatable bonds is 4. The molecule has 1 amide bonds. The van der Waals surface area contributed by atoms with Crippen molar-refractivity contribution in [1.29, 1.82) is 5.26 Å². The van der Waals surface area contributed by atoms with Crippen LogP contribution in [0.3, 0.4) is 0 Å². The number of carbonyl (C=O) groups is 1. The van der Waals surface area contributed by atoms with Crippen molar-refractivity contribution in [2.24, 2.45) is 0 Å². The minimum absolute atomic E-state index is 0.186. The highest BCUT2D eigenvalue weighted by atomic mass is 32.2. The summed E-state index contributed by atoms with van der Waals surface area (Å²) in [7, 11) is 0. The number of hydrogen-bond donors (Lipinski definition) is 0. The number of hydrogen-bond acceptors (Lipinski definition) is 4. The largest absolute Gasteiger partial charge is 0.339 e. The number of benzene rings is 1. The Labute approximate surface area is 118 Å². The average molecular weight is 275 g/mol. The Morgan fingerprint density at radius 2 is 1.89 bits per heavy atom. The molecule has 0 spiro atoms. The van der Waals surface area contributed by atoms with Crippen LogP contribution in [0.1, 0.15) is 0 Å². The van der Waals surface area contributed by atoms with E-state index in [-0.39, 0.29) is 5.91 Å². The summed E-state index contributed by atoms with van der Waals surface area (Å²) in [4.78, 5) is 17.2. The van der Waals surface area contributed by atoms with Gasteiger partial charge in [-0.2, -0.15) is 5.26 Å². The van der Waals surface area contributed by atoms with Crippen molar-refractivity contribution < 1.29 is 4.79 Å². The Hall–Kier alpha value is -1.51. The Bertz CT molecular complexity index is 450. The van der Waals surface area contributed by atoms with Crippen molar-refractivity contribution in [1.82, 2.24) is 9.80 Å². The first-order valence-electron chi connectivity index (χ1n) is 6.34. The molecule has 0 aliphatic carbocycles. The maximum atomic E-state index is 12.1. The number of carbonyl (C=O) groups excluding carboxylic acids is 1. The second-order valence-electron chi connectivity index (χ2n) is 4.42. The van der Waals surface area contributed by atoms with Gasteiger partial charge in [0, 0.05) is 31.1 Å². The maximum Gasteiger partial charge on any atom is 0.233 e. The Morgan fingerprint density at radius 3 is 2.53 bits per heavy atom. The van der Waals surface area contributed by atoms with Gasteiger partial charge in [-0.3, -0.25) is 9.69 Å². The van der Waals surface area contributed by atoms with E-state index in [4.69, 9.17) is 5.26 Å².